The van der Waals surface area contributed by atoms with Crippen LogP contribution in [0.4, 0.5) is 0 Å². The Morgan fingerprint density at radius 2 is 2.00 bits per heavy atom. The number of aliphatic hydroxyl groups is 1. The molecule has 0 heterocycles. The minimum Gasteiger partial charge on any atom is -0.390 e. The van der Waals surface area contributed by atoms with Crippen LogP contribution in [0.1, 0.15) is 65.7 Å². The molecule has 1 saturated carbocycles. The second kappa shape index (κ2) is 5.50. The van der Waals surface area contributed by atoms with Crippen LogP contribution in [0.15, 0.2) is 0 Å². The Morgan fingerprint density at radius 3 is 2.62 bits per heavy atom. The minimum absolute atomic E-state index is 0.104. The summed E-state index contributed by atoms with van der Waals surface area (Å²) in [6.07, 6.45) is 7.37. The van der Waals surface area contributed by atoms with Crippen LogP contribution in [0, 0.1) is 5.92 Å². The van der Waals surface area contributed by atoms with Gasteiger partial charge >= 0.3 is 0 Å². The van der Waals surface area contributed by atoms with Gasteiger partial charge in [0.1, 0.15) is 0 Å². The lowest BCUT2D eigenvalue weighted by Crippen LogP contribution is -2.32. The fraction of sp³-hybridized carbons (Fsp3) is 1.00. The largest absolute Gasteiger partial charge is 0.390 e. The predicted molar refractivity (Wildman–Crippen MR) is 67.5 cm³/mol. The van der Waals surface area contributed by atoms with E-state index in [4.69, 9.17) is 4.74 Å². The Kier molecular flexibility index (Phi) is 4.81. The van der Waals surface area contributed by atoms with E-state index in [1.54, 1.807) is 7.11 Å². The maximum Gasteiger partial charge on any atom is 0.0649 e. The van der Waals surface area contributed by atoms with Crippen molar-refractivity contribution < 1.29 is 9.84 Å². The Labute approximate surface area is 100 Å². The average Bonchev–Trinajstić information content (AvgIpc) is 2.40. The highest BCUT2D eigenvalue weighted by molar-refractivity contribution is 4.85. The molecule has 2 heteroatoms. The second-order valence-corrected chi connectivity index (χ2v) is 6.22. The van der Waals surface area contributed by atoms with Gasteiger partial charge in [0.15, 0.2) is 0 Å². The molecule has 0 aromatic heterocycles. The number of hydrogen-bond donors (Lipinski definition) is 1. The lowest BCUT2D eigenvalue weighted by Gasteiger charge is -2.31. The van der Waals surface area contributed by atoms with Gasteiger partial charge in [0.25, 0.3) is 0 Å². The molecule has 16 heavy (non-hydrogen) atoms. The molecule has 1 aliphatic rings. The van der Waals surface area contributed by atoms with Crippen molar-refractivity contribution in [1.82, 2.24) is 0 Å². The first-order valence-corrected chi connectivity index (χ1v) is 6.64. The Balaban J connectivity index is 2.44. The van der Waals surface area contributed by atoms with E-state index in [0.717, 1.165) is 31.6 Å². The van der Waals surface area contributed by atoms with E-state index in [0.29, 0.717) is 0 Å². The van der Waals surface area contributed by atoms with Crippen LogP contribution in [0.2, 0.25) is 0 Å². The van der Waals surface area contributed by atoms with E-state index in [1.165, 1.54) is 19.3 Å². The summed E-state index contributed by atoms with van der Waals surface area (Å²) in [7, 11) is 1.75. The molecule has 0 amide bonds. The molecule has 0 aromatic rings. The standard InChI is InChI=1S/C14H28O2/c1-12-6-5-8-14(15,9-7-12)11-10-13(2,3)16-4/h12,15H,5-11H2,1-4H3. The van der Waals surface area contributed by atoms with E-state index in [1.807, 2.05) is 0 Å². The highest BCUT2D eigenvalue weighted by atomic mass is 16.5. The van der Waals surface area contributed by atoms with Crippen molar-refractivity contribution >= 4 is 0 Å². The summed E-state index contributed by atoms with van der Waals surface area (Å²) < 4.78 is 5.41. The van der Waals surface area contributed by atoms with Crippen LogP contribution in [-0.2, 0) is 4.74 Å². The normalized spacial score (nSPS) is 32.4. The predicted octanol–water partition coefficient (Wildman–Crippen LogP) is 3.52. The molecule has 0 aliphatic heterocycles. The molecule has 1 fully saturated rings. The molecule has 0 bridgehead atoms. The van der Waals surface area contributed by atoms with Crippen molar-refractivity contribution in [2.75, 3.05) is 7.11 Å². The van der Waals surface area contributed by atoms with Crippen molar-refractivity contribution in [2.24, 2.45) is 5.92 Å². The highest BCUT2D eigenvalue weighted by Gasteiger charge is 2.31. The summed E-state index contributed by atoms with van der Waals surface area (Å²) in [6, 6.07) is 0. The fourth-order valence-electron chi connectivity index (χ4n) is 2.45. The first kappa shape index (κ1) is 14.0. The molecule has 1 aliphatic carbocycles. The van der Waals surface area contributed by atoms with Crippen molar-refractivity contribution in [3.63, 3.8) is 0 Å². The van der Waals surface area contributed by atoms with Crippen LogP contribution >= 0.6 is 0 Å². The average molecular weight is 228 g/mol. The van der Waals surface area contributed by atoms with Gasteiger partial charge < -0.3 is 9.84 Å². The summed E-state index contributed by atoms with van der Waals surface area (Å²) in [5.74, 6) is 0.782. The Morgan fingerprint density at radius 1 is 1.31 bits per heavy atom. The molecular formula is C14H28O2. The first-order valence-electron chi connectivity index (χ1n) is 6.64. The van der Waals surface area contributed by atoms with Gasteiger partial charge in [-0.1, -0.05) is 19.8 Å². The zero-order chi connectivity index (χ0) is 12.2. The van der Waals surface area contributed by atoms with Gasteiger partial charge in [0.05, 0.1) is 11.2 Å². The molecule has 1 N–H and O–H groups in total. The monoisotopic (exact) mass is 228 g/mol. The second-order valence-electron chi connectivity index (χ2n) is 6.22. The quantitative estimate of drug-likeness (QED) is 0.746. The van der Waals surface area contributed by atoms with Crippen LogP contribution in [0.3, 0.4) is 0 Å². The van der Waals surface area contributed by atoms with E-state index >= 15 is 0 Å². The van der Waals surface area contributed by atoms with Crippen LogP contribution < -0.4 is 0 Å². The van der Waals surface area contributed by atoms with Crippen LogP contribution in [-0.4, -0.2) is 23.4 Å². The van der Waals surface area contributed by atoms with E-state index in [2.05, 4.69) is 20.8 Å². The Hall–Kier alpha value is -0.0800. The van der Waals surface area contributed by atoms with E-state index in [9.17, 15) is 5.11 Å². The summed E-state index contributed by atoms with van der Waals surface area (Å²) in [5, 5.41) is 10.6. The van der Waals surface area contributed by atoms with Gasteiger partial charge in [-0.3, -0.25) is 0 Å². The SMILES string of the molecule is COC(C)(C)CCC1(O)CCCC(C)CC1. The third-order valence-electron chi connectivity index (χ3n) is 4.19. The molecule has 1 rings (SSSR count). The van der Waals surface area contributed by atoms with E-state index in [-0.39, 0.29) is 5.60 Å². The van der Waals surface area contributed by atoms with Gasteiger partial charge in [-0.25, -0.2) is 0 Å². The molecule has 0 aromatic carbocycles. The molecule has 2 atom stereocenters. The van der Waals surface area contributed by atoms with Gasteiger partial charge in [-0.15, -0.1) is 0 Å². The summed E-state index contributed by atoms with van der Waals surface area (Å²) in [6.45, 7) is 6.48. The number of rotatable bonds is 4. The third-order valence-corrected chi connectivity index (χ3v) is 4.19. The Bertz CT molecular complexity index is 213. The third kappa shape index (κ3) is 4.42. The molecule has 96 valence electrons. The van der Waals surface area contributed by atoms with E-state index < -0.39 is 5.60 Å². The van der Waals surface area contributed by atoms with Gasteiger partial charge in [0.2, 0.25) is 0 Å². The minimum atomic E-state index is -0.430. The molecule has 0 radical (unpaired) electrons. The maximum atomic E-state index is 10.6. The molecule has 0 saturated heterocycles. The maximum absolute atomic E-state index is 10.6. The number of ether oxygens (including phenoxy) is 1. The highest BCUT2D eigenvalue weighted by Crippen LogP contribution is 2.35. The molecule has 2 nitrogen and oxygen atoms in total. The van der Waals surface area contributed by atoms with Crippen molar-refractivity contribution in [2.45, 2.75) is 76.9 Å². The number of hydrogen-bond acceptors (Lipinski definition) is 2. The molecule has 0 spiro atoms. The summed E-state index contributed by atoms with van der Waals surface area (Å²) >= 11 is 0. The topological polar surface area (TPSA) is 29.5 Å². The van der Waals surface area contributed by atoms with Gasteiger partial charge in [-0.05, 0) is 51.9 Å². The zero-order valence-corrected chi connectivity index (χ0v) is 11.4. The first-order chi connectivity index (χ1) is 7.37. The van der Waals surface area contributed by atoms with Crippen molar-refractivity contribution in [3.05, 3.63) is 0 Å². The fourth-order valence-corrected chi connectivity index (χ4v) is 2.45. The lowest BCUT2D eigenvalue weighted by atomic mass is 9.85. The van der Waals surface area contributed by atoms with Crippen LogP contribution in [0.25, 0.3) is 0 Å². The van der Waals surface area contributed by atoms with Crippen LogP contribution in [0.5, 0.6) is 0 Å². The number of methoxy groups -OCH3 is 1. The lowest BCUT2D eigenvalue weighted by molar-refractivity contribution is -0.0329. The van der Waals surface area contributed by atoms with Gasteiger partial charge in [0, 0.05) is 7.11 Å². The summed E-state index contributed by atoms with van der Waals surface area (Å²) in [4.78, 5) is 0. The summed E-state index contributed by atoms with van der Waals surface area (Å²) in [5.41, 5.74) is -0.534. The van der Waals surface area contributed by atoms with Gasteiger partial charge in [-0.2, -0.15) is 0 Å². The molecular weight excluding hydrogens is 200 g/mol. The smallest absolute Gasteiger partial charge is 0.0649 e. The van der Waals surface area contributed by atoms with Crippen molar-refractivity contribution in [3.8, 4) is 0 Å². The van der Waals surface area contributed by atoms with Crippen molar-refractivity contribution in [1.29, 1.82) is 0 Å². The molecule has 2 unspecified atom stereocenters. The zero-order valence-electron chi connectivity index (χ0n) is 11.4.